The van der Waals surface area contributed by atoms with E-state index in [0.29, 0.717) is 17.9 Å². The van der Waals surface area contributed by atoms with Crippen molar-refractivity contribution in [2.75, 3.05) is 32.0 Å². The highest BCUT2D eigenvalue weighted by Gasteiger charge is 2.13. The molecule has 4 nitrogen and oxygen atoms in total. The van der Waals surface area contributed by atoms with Gasteiger partial charge in [-0.3, -0.25) is 4.90 Å². The number of nitrogens with two attached hydrogens (primary N) is 1. The fraction of sp³-hybridized carbons (Fsp3) is 0.476. The molecule has 25 heavy (non-hydrogen) atoms. The number of nitrogen functional groups attached to an aromatic ring is 1. The van der Waals surface area contributed by atoms with E-state index in [9.17, 15) is 4.79 Å². The number of rotatable bonds is 10. The Bertz CT molecular complexity index is 677. The summed E-state index contributed by atoms with van der Waals surface area (Å²) in [5.74, 6) is -0.297. The van der Waals surface area contributed by atoms with Crippen LogP contribution >= 0.6 is 0 Å². The number of hydrogen-bond acceptors (Lipinski definition) is 4. The van der Waals surface area contributed by atoms with Crippen LogP contribution in [-0.2, 0) is 4.74 Å². The standard InChI is InChI=1S/C21H30N2O2/c1-3-5-11-23(12-6-4-2)13-14-25-21(24)20-16-18(22)15-17-9-7-8-10-19(17)20/h7-10,15-16H,3-6,11-14,22H2,1-2H3. The third-order valence-corrected chi connectivity index (χ3v) is 4.40. The highest BCUT2D eigenvalue weighted by molar-refractivity contribution is 6.05. The summed E-state index contributed by atoms with van der Waals surface area (Å²) in [6.07, 6.45) is 4.71. The largest absolute Gasteiger partial charge is 0.461 e. The van der Waals surface area contributed by atoms with Gasteiger partial charge in [0.1, 0.15) is 6.61 Å². The normalized spacial score (nSPS) is 11.2. The van der Waals surface area contributed by atoms with Crippen LogP contribution in [0.25, 0.3) is 10.8 Å². The van der Waals surface area contributed by atoms with Crippen molar-refractivity contribution in [3.8, 4) is 0 Å². The Morgan fingerprint density at radius 1 is 1.04 bits per heavy atom. The number of ether oxygens (including phenoxy) is 1. The molecule has 0 fully saturated rings. The minimum absolute atomic E-state index is 0.297. The summed E-state index contributed by atoms with van der Waals surface area (Å²) in [5.41, 5.74) is 7.06. The molecule has 2 aromatic carbocycles. The number of unbranched alkanes of at least 4 members (excludes halogenated alkanes) is 2. The lowest BCUT2D eigenvalue weighted by Gasteiger charge is -2.21. The van der Waals surface area contributed by atoms with E-state index in [2.05, 4.69) is 18.7 Å². The molecule has 2 N–H and O–H groups in total. The molecule has 2 rings (SSSR count). The zero-order valence-corrected chi connectivity index (χ0v) is 15.5. The van der Waals surface area contributed by atoms with Crippen LogP contribution in [0.3, 0.4) is 0 Å². The minimum Gasteiger partial charge on any atom is -0.461 e. The van der Waals surface area contributed by atoms with Gasteiger partial charge in [0.05, 0.1) is 5.56 Å². The van der Waals surface area contributed by atoms with Crippen LogP contribution in [0.1, 0.15) is 49.9 Å². The first kappa shape index (κ1) is 19.3. The van der Waals surface area contributed by atoms with Crippen LogP contribution in [-0.4, -0.2) is 37.1 Å². The quantitative estimate of drug-likeness (QED) is 0.511. The Labute approximate surface area is 151 Å². The van der Waals surface area contributed by atoms with Gasteiger partial charge in [0, 0.05) is 12.2 Å². The van der Waals surface area contributed by atoms with Crippen LogP contribution in [0.4, 0.5) is 5.69 Å². The Balaban J connectivity index is 1.97. The molecular formula is C21H30N2O2. The Hall–Kier alpha value is -2.07. The number of anilines is 1. The number of hydrogen-bond donors (Lipinski definition) is 1. The molecule has 0 saturated carbocycles. The van der Waals surface area contributed by atoms with Gasteiger partial charge in [0.2, 0.25) is 0 Å². The van der Waals surface area contributed by atoms with Crippen LogP contribution in [0.2, 0.25) is 0 Å². The molecule has 0 aliphatic rings. The molecule has 0 aliphatic carbocycles. The van der Waals surface area contributed by atoms with Crippen molar-refractivity contribution in [1.82, 2.24) is 4.90 Å². The average Bonchev–Trinajstić information content (AvgIpc) is 2.62. The molecule has 0 atom stereocenters. The third-order valence-electron chi connectivity index (χ3n) is 4.40. The van der Waals surface area contributed by atoms with Crippen molar-refractivity contribution in [2.45, 2.75) is 39.5 Å². The lowest BCUT2D eigenvalue weighted by Crippen LogP contribution is -2.30. The molecule has 0 bridgehead atoms. The number of carbonyl (C=O) groups excluding carboxylic acids is 1. The molecule has 0 aromatic heterocycles. The second kappa shape index (κ2) is 10.0. The second-order valence-electron chi connectivity index (χ2n) is 6.47. The van der Waals surface area contributed by atoms with Gasteiger partial charge in [-0.25, -0.2) is 4.79 Å². The van der Waals surface area contributed by atoms with Crippen molar-refractivity contribution < 1.29 is 9.53 Å². The van der Waals surface area contributed by atoms with Gasteiger partial charge in [-0.2, -0.15) is 0 Å². The van der Waals surface area contributed by atoms with Crippen LogP contribution in [0.15, 0.2) is 36.4 Å². The first-order chi connectivity index (χ1) is 12.2. The van der Waals surface area contributed by atoms with E-state index in [1.165, 1.54) is 25.7 Å². The molecule has 0 aliphatic heterocycles. The van der Waals surface area contributed by atoms with Crippen molar-refractivity contribution in [3.05, 3.63) is 42.0 Å². The molecule has 2 aromatic rings. The van der Waals surface area contributed by atoms with Gasteiger partial charge in [0.25, 0.3) is 0 Å². The number of carbonyl (C=O) groups is 1. The molecule has 4 heteroatoms. The predicted octanol–water partition coefficient (Wildman–Crippen LogP) is 4.48. The summed E-state index contributed by atoms with van der Waals surface area (Å²) in [7, 11) is 0. The summed E-state index contributed by atoms with van der Waals surface area (Å²) < 4.78 is 5.55. The maximum atomic E-state index is 12.5. The summed E-state index contributed by atoms with van der Waals surface area (Å²) in [6, 6.07) is 11.3. The number of esters is 1. The molecule has 0 saturated heterocycles. The van der Waals surface area contributed by atoms with Gasteiger partial charge in [-0.1, -0.05) is 51.0 Å². The zero-order valence-electron chi connectivity index (χ0n) is 15.5. The van der Waals surface area contributed by atoms with Crippen molar-refractivity contribution in [2.24, 2.45) is 0 Å². The Morgan fingerprint density at radius 3 is 2.40 bits per heavy atom. The van der Waals surface area contributed by atoms with E-state index >= 15 is 0 Å². The van der Waals surface area contributed by atoms with E-state index < -0.39 is 0 Å². The first-order valence-corrected chi connectivity index (χ1v) is 9.33. The SMILES string of the molecule is CCCCN(CCCC)CCOC(=O)c1cc(N)cc2ccccc12. The van der Waals surface area contributed by atoms with Gasteiger partial charge in [-0.15, -0.1) is 0 Å². The topological polar surface area (TPSA) is 55.6 Å². The molecule has 0 unspecified atom stereocenters. The smallest absolute Gasteiger partial charge is 0.338 e. The summed E-state index contributed by atoms with van der Waals surface area (Å²) in [4.78, 5) is 14.9. The molecule has 0 spiro atoms. The monoisotopic (exact) mass is 342 g/mol. The van der Waals surface area contributed by atoms with Gasteiger partial charge >= 0.3 is 5.97 Å². The van der Waals surface area contributed by atoms with Gasteiger partial charge in [0.15, 0.2) is 0 Å². The van der Waals surface area contributed by atoms with Gasteiger partial charge < -0.3 is 10.5 Å². The first-order valence-electron chi connectivity index (χ1n) is 9.33. The predicted molar refractivity (Wildman–Crippen MR) is 105 cm³/mol. The van der Waals surface area contributed by atoms with E-state index in [0.717, 1.165) is 30.4 Å². The van der Waals surface area contributed by atoms with Gasteiger partial charge in [-0.05, 0) is 48.8 Å². The lowest BCUT2D eigenvalue weighted by atomic mass is 10.0. The summed E-state index contributed by atoms with van der Waals surface area (Å²) in [6.45, 7) is 7.72. The van der Waals surface area contributed by atoms with Crippen LogP contribution in [0, 0.1) is 0 Å². The fourth-order valence-electron chi connectivity index (χ4n) is 2.95. The highest BCUT2D eigenvalue weighted by atomic mass is 16.5. The molecular weight excluding hydrogens is 312 g/mol. The molecule has 0 amide bonds. The van der Waals surface area contributed by atoms with Crippen molar-refractivity contribution in [3.63, 3.8) is 0 Å². The molecule has 136 valence electrons. The van der Waals surface area contributed by atoms with Crippen LogP contribution in [0.5, 0.6) is 0 Å². The van der Waals surface area contributed by atoms with E-state index in [1.54, 1.807) is 6.07 Å². The third kappa shape index (κ3) is 5.75. The van der Waals surface area contributed by atoms with E-state index in [4.69, 9.17) is 10.5 Å². The average molecular weight is 342 g/mol. The summed E-state index contributed by atoms with van der Waals surface area (Å²) >= 11 is 0. The van der Waals surface area contributed by atoms with E-state index in [1.807, 2.05) is 30.3 Å². The highest BCUT2D eigenvalue weighted by Crippen LogP contribution is 2.23. The zero-order chi connectivity index (χ0) is 18.1. The maximum Gasteiger partial charge on any atom is 0.338 e. The Kier molecular flexibility index (Phi) is 7.74. The Morgan fingerprint density at radius 2 is 1.72 bits per heavy atom. The summed E-state index contributed by atoms with van der Waals surface area (Å²) in [5, 5.41) is 1.84. The minimum atomic E-state index is -0.297. The fourth-order valence-corrected chi connectivity index (χ4v) is 2.95. The van der Waals surface area contributed by atoms with Crippen molar-refractivity contribution in [1.29, 1.82) is 0 Å². The number of nitrogens with zero attached hydrogens (tertiary/aromatic N) is 1. The lowest BCUT2D eigenvalue weighted by molar-refractivity contribution is 0.0462. The maximum absolute atomic E-state index is 12.5. The van der Waals surface area contributed by atoms with Crippen LogP contribution < -0.4 is 5.73 Å². The number of fused-ring (bicyclic) bond motifs is 1. The van der Waals surface area contributed by atoms with E-state index in [-0.39, 0.29) is 5.97 Å². The molecule has 0 radical (unpaired) electrons. The van der Waals surface area contributed by atoms with Crippen molar-refractivity contribution >= 4 is 22.4 Å². The molecule has 0 heterocycles. The second-order valence-corrected chi connectivity index (χ2v) is 6.47. The number of benzene rings is 2.